The van der Waals surface area contributed by atoms with Crippen LogP contribution >= 0.6 is 0 Å². The Morgan fingerprint density at radius 1 is 1.04 bits per heavy atom. The molecule has 3 rings (SSSR count). The number of methoxy groups -OCH3 is 1. The number of nitrogens with zero attached hydrogens (tertiary/aromatic N) is 2. The number of pyridine rings is 1. The summed E-state index contributed by atoms with van der Waals surface area (Å²) >= 11 is 0. The van der Waals surface area contributed by atoms with Gasteiger partial charge in [-0.05, 0) is 36.4 Å². The Morgan fingerprint density at radius 3 is 2.36 bits per heavy atom. The van der Waals surface area contributed by atoms with Gasteiger partial charge in [0.1, 0.15) is 11.4 Å². The number of fused-ring (bicyclic) bond motifs is 1. The molecule has 1 aromatic carbocycles. The van der Waals surface area contributed by atoms with Crippen molar-refractivity contribution in [2.75, 3.05) is 7.11 Å². The summed E-state index contributed by atoms with van der Waals surface area (Å²) in [6.45, 7) is 0. The number of imidazole rings is 1. The zero-order chi connectivity index (χ0) is 18.0. The molecule has 0 radical (unpaired) electrons. The second-order valence-corrected chi connectivity index (χ2v) is 4.88. The van der Waals surface area contributed by atoms with E-state index in [4.69, 9.17) is 4.74 Å². The number of ether oxygens (including phenoxy) is 3. The molecule has 0 aliphatic carbocycles. The van der Waals surface area contributed by atoms with Crippen LogP contribution in [0.4, 0.5) is 18.0 Å². The molecule has 130 valence electrons. The summed E-state index contributed by atoms with van der Waals surface area (Å²) in [5.74, 6) is -0.0500. The molecule has 0 saturated heterocycles. The third kappa shape index (κ3) is 4.00. The highest BCUT2D eigenvalue weighted by Gasteiger charge is 2.30. The number of carbonyl (C=O) groups is 1. The van der Waals surface area contributed by atoms with Crippen LogP contribution in [0.1, 0.15) is 0 Å². The molecule has 0 N–H and O–H groups in total. The third-order valence-corrected chi connectivity index (χ3v) is 3.18. The molecule has 0 aliphatic heterocycles. The van der Waals surface area contributed by atoms with Gasteiger partial charge in [-0.1, -0.05) is 0 Å². The van der Waals surface area contributed by atoms with Gasteiger partial charge in [-0.2, -0.15) is 0 Å². The molecule has 0 bridgehead atoms. The largest absolute Gasteiger partial charge is 0.573 e. The number of hydrogen-bond acceptors (Lipinski definition) is 5. The second kappa shape index (κ2) is 6.34. The predicted octanol–water partition coefficient (Wildman–Crippen LogP) is 4.05. The molecule has 2 heterocycles. The lowest BCUT2D eigenvalue weighted by Crippen LogP contribution is -2.16. The van der Waals surface area contributed by atoms with Crippen LogP contribution in [0.15, 0.2) is 48.8 Å². The quantitative estimate of drug-likeness (QED) is 0.666. The Balaban J connectivity index is 1.85. The first-order valence-electron chi connectivity index (χ1n) is 6.95. The van der Waals surface area contributed by atoms with Crippen molar-refractivity contribution in [1.29, 1.82) is 0 Å². The van der Waals surface area contributed by atoms with Gasteiger partial charge in [0, 0.05) is 11.8 Å². The van der Waals surface area contributed by atoms with E-state index in [0.717, 1.165) is 0 Å². The Hall–Kier alpha value is -3.23. The molecule has 0 atom stereocenters. The summed E-state index contributed by atoms with van der Waals surface area (Å²) in [5.41, 5.74) is 1.71. The molecule has 0 unspecified atom stereocenters. The Kier molecular flexibility index (Phi) is 4.22. The topological polar surface area (TPSA) is 62.1 Å². The van der Waals surface area contributed by atoms with Crippen LogP contribution in [0.25, 0.3) is 16.9 Å². The number of halogens is 3. The van der Waals surface area contributed by atoms with Crippen molar-refractivity contribution in [1.82, 2.24) is 9.38 Å². The summed E-state index contributed by atoms with van der Waals surface area (Å²) in [7, 11) is 1.20. The fourth-order valence-electron chi connectivity index (χ4n) is 2.14. The first-order valence-corrected chi connectivity index (χ1v) is 6.95. The van der Waals surface area contributed by atoms with E-state index in [1.54, 1.807) is 22.7 Å². The van der Waals surface area contributed by atoms with Crippen molar-refractivity contribution in [3.63, 3.8) is 0 Å². The van der Waals surface area contributed by atoms with Gasteiger partial charge in [0.15, 0.2) is 5.75 Å². The number of rotatable bonds is 3. The summed E-state index contributed by atoms with van der Waals surface area (Å²) < 4.78 is 51.3. The van der Waals surface area contributed by atoms with E-state index in [1.165, 1.54) is 37.6 Å². The van der Waals surface area contributed by atoms with Gasteiger partial charge in [0.2, 0.25) is 0 Å². The van der Waals surface area contributed by atoms with Crippen molar-refractivity contribution >= 4 is 11.8 Å². The highest BCUT2D eigenvalue weighted by Crippen LogP contribution is 2.26. The number of benzene rings is 1. The highest BCUT2D eigenvalue weighted by molar-refractivity contribution is 5.65. The van der Waals surface area contributed by atoms with Gasteiger partial charge in [-0.15, -0.1) is 13.2 Å². The van der Waals surface area contributed by atoms with Crippen LogP contribution in [0.3, 0.4) is 0 Å². The van der Waals surface area contributed by atoms with Gasteiger partial charge in [-0.3, -0.25) is 0 Å². The molecule has 3 aromatic rings. The van der Waals surface area contributed by atoms with E-state index in [-0.39, 0.29) is 11.5 Å². The highest BCUT2D eigenvalue weighted by atomic mass is 19.4. The van der Waals surface area contributed by atoms with Gasteiger partial charge < -0.3 is 18.6 Å². The van der Waals surface area contributed by atoms with E-state index in [9.17, 15) is 18.0 Å². The van der Waals surface area contributed by atoms with E-state index >= 15 is 0 Å². The van der Waals surface area contributed by atoms with E-state index in [2.05, 4.69) is 14.5 Å². The molecule has 6 nitrogen and oxygen atoms in total. The minimum absolute atomic E-state index is 0.261. The van der Waals surface area contributed by atoms with Gasteiger partial charge in [-0.25, -0.2) is 9.78 Å². The summed E-state index contributed by atoms with van der Waals surface area (Å²) in [6, 6.07) is 8.52. The average Bonchev–Trinajstić information content (AvgIpc) is 2.97. The van der Waals surface area contributed by atoms with Crippen LogP contribution in [-0.2, 0) is 4.74 Å². The summed E-state index contributed by atoms with van der Waals surface area (Å²) in [4.78, 5) is 15.5. The molecule has 0 saturated carbocycles. The predicted molar refractivity (Wildman–Crippen MR) is 80.3 cm³/mol. The number of hydrogen-bond donors (Lipinski definition) is 0. The maximum absolute atomic E-state index is 12.2. The lowest BCUT2D eigenvalue weighted by Gasteiger charge is -2.08. The molecule has 0 aliphatic rings. The SMILES string of the molecule is COC(=O)Oc1ccc2nc(-c3ccc(OC(F)(F)F)cc3)cn2c1. The molecule has 25 heavy (non-hydrogen) atoms. The van der Waals surface area contributed by atoms with Crippen LogP contribution < -0.4 is 9.47 Å². The van der Waals surface area contributed by atoms with Crippen molar-refractivity contribution in [3.8, 4) is 22.8 Å². The maximum Gasteiger partial charge on any atom is 0.573 e. The second-order valence-electron chi connectivity index (χ2n) is 4.88. The molecular weight excluding hydrogens is 341 g/mol. The number of carbonyl (C=O) groups excluding carboxylic acids is 1. The van der Waals surface area contributed by atoms with Gasteiger partial charge >= 0.3 is 12.5 Å². The van der Waals surface area contributed by atoms with Crippen LogP contribution in [0.2, 0.25) is 0 Å². The van der Waals surface area contributed by atoms with Crippen molar-refractivity contribution in [2.24, 2.45) is 0 Å². The van der Waals surface area contributed by atoms with Gasteiger partial charge in [0.05, 0.1) is 19.0 Å². The third-order valence-electron chi connectivity index (χ3n) is 3.18. The van der Waals surface area contributed by atoms with Crippen LogP contribution in [-0.4, -0.2) is 29.0 Å². The van der Waals surface area contributed by atoms with Crippen LogP contribution in [0, 0.1) is 0 Å². The summed E-state index contributed by atoms with van der Waals surface area (Å²) in [5, 5.41) is 0. The summed E-state index contributed by atoms with van der Waals surface area (Å²) in [6.07, 6.45) is -2.40. The molecular formula is C16H11F3N2O4. The normalized spacial score (nSPS) is 11.4. The molecule has 0 fully saturated rings. The lowest BCUT2D eigenvalue weighted by atomic mass is 10.2. The molecule has 0 amide bonds. The zero-order valence-electron chi connectivity index (χ0n) is 12.8. The average molecular weight is 352 g/mol. The first-order chi connectivity index (χ1) is 11.8. The Labute approximate surface area is 139 Å². The maximum atomic E-state index is 12.2. The van der Waals surface area contributed by atoms with Gasteiger partial charge in [0.25, 0.3) is 0 Å². The van der Waals surface area contributed by atoms with E-state index in [1.807, 2.05) is 0 Å². The Bertz CT molecular complexity index is 904. The minimum atomic E-state index is -4.74. The van der Waals surface area contributed by atoms with Crippen molar-refractivity contribution in [3.05, 3.63) is 48.8 Å². The zero-order valence-corrected chi connectivity index (χ0v) is 12.8. The molecule has 0 spiro atoms. The fourth-order valence-corrected chi connectivity index (χ4v) is 2.14. The van der Waals surface area contributed by atoms with E-state index < -0.39 is 12.5 Å². The number of alkyl halides is 3. The lowest BCUT2D eigenvalue weighted by molar-refractivity contribution is -0.274. The van der Waals surface area contributed by atoms with Crippen molar-refractivity contribution < 1.29 is 32.2 Å². The smallest absolute Gasteiger partial charge is 0.437 e. The standard InChI is InChI=1S/C16H11F3N2O4/c1-23-15(22)24-12-6-7-14-20-13(9-21(14)8-12)10-2-4-11(5-3-10)25-16(17,18)19/h2-9H,1H3. The fraction of sp³-hybridized carbons (Fsp3) is 0.125. The minimum Gasteiger partial charge on any atom is -0.437 e. The molecule has 2 aromatic heterocycles. The van der Waals surface area contributed by atoms with Crippen LogP contribution in [0.5, 0.6) is 11.5 Å². The molecule has 9 heteroatoms. The van der Waals surface area contributed by atoms with E-state index in [0.29, 0.717) is 16.9 Å². The first kappa shape index (κ1) is 16.6. The number of aromatic nitrogens is 2. The Morgan fingerprint density at radius 2 is 1.72 bits per heavy atom. The monoisotopic (exact) mass is 352 g/mol. The van der Waals surface area contributed by atoms with Crippen molar-refractivity contribution in [2.45, 2.75) is 6.36 Å².